The molecule has 0 bridgehead atoms. The van der Waals surface area contributed by atoms with Crippen molar-refractivity contribution in [3.05, 3.63) is 53.7 Å². The minimum atomic E-state index is -0.587. The van der Waals surface area contributed by atoms with Crippen LogP contribution in [0.15, 0.2) is 36.8 Å². The molecule has 0 amide bonds. The van der Waals surface area contributed by atoms with Gasteiger partial charge in [0.1, 0.15) is 18.0 Å². The molecule has 0 aliphatic heterocycles. The SMILES string of the molecule is Nc1ncncc1C(=O)c1ccccc1F. The highest BCUT2D eigenvalue weighted by atomic mass is 19.1. The normalized spacial score (nSPS) is 10.1. The van der Waals surface area contributed by atoms with Crippen LogP contribution >= 0.6 is 0 Å². The molecule has 0 saturated heterocycles. The van der Waals surface area contributed by atoms with Crippen LogP contribution in [0.4, 0.5) is 10.2 Å². The Labute approximate surface area is 91.0 Å². The molecule has 16 heavy (non-hydrogen) atoms. The predicted octanol–water partition coefficient (Wildman–Crippen LogP) is 1.43. The molecule has 5 heteroatoms. The van der Waals surface area contributed by atoms with Crippen molar-refractivity contribution < 1.29 is 9.18 Å². The summed E-state index contributed by atoms with van der Waals surface area (Å²) in [4.78, 5) is 19.3. The molecule has 0 atom stereocenters. The molecule has 0 unspecified atom stereocenters. The molecular weight excluding hydrogens is 209 g/mol. The molecule has 2 N–H and O–H groups in total. The number of halogens is 1. The third-order valence-corrected chi connectivity index (χ3v) is 2.11. The van der Waals surface area contributed by atoms with Gasteiger partial charge in [-0.3, -0.25) is 4.79 Å². The van der Waals surface area contributed by atoms with Crippen molar-refractivity contribution in [1.29, 1.82) is 0 Å². The van der Waals surface area contributed by atoms with Gasteiger partial charge >= 0.3 is 0 Å². The summed E-state index contributed by atoms with van der Waals surface area (Å²) < 4.78 is 13.4. The van der Waals surface area contributed by atoms with Crippen LogP contribution in [0.5, 0.6) is 0 Å². The fraction of sp³-hybridized carbons (Fsp3) is 0. The molecular formula is C11H8FN3O. The second kappa shape index (κ2) is 4.06. The van der Waals surface area contributed by atoms with Crippen LogP contribution in [0, 0.1) is 5.82 Å². The smallest absolute Gasteiger partial charge is 0.201 e. The minimum Gasteiger partial charge on any atom is -0.383 e. The van der Waals surface area contributed by atoms with Crippen LogP contribution in [0.3, 0.4) is 0 Å². The van der Waals surface area contributed by atoms with Gasteiger partial charge in [-0.2, -0.15) is 0 Å². The van der Waals surface area contributed by atoms with Crippen molar-refractivity contribution in [2.24, 2.45) is 0 Å². The third-order valence-electron chi connectivity index (χ3n) is 2.11. The van der Waals surface area contributed by atoms with Crippen molar-refractivity contribution in [2.75, 3.05) is 5.73 Å². The van der Waals surface area contributed by atoms with Gasteiger partial charge in [0.05, 0.1) is 11.1 Å². The quantitative estimate of drug-likeness (QED) is 0.772. The summed E-state index contributed by atoms with van der Waals surface area (Å²) >= 11 is 0. The van der Waals surface area contributed by atoms with Crippen molar-refractivity contribution in [3.63, 3.8) is 0 Å². The number of nitrogens with zero attached hydrogens (tertiary/aromatic N) is 2. The van der Waals surface area contributed by atoms with E-state index in [0.717, 1.165) is 0 Å². The zero-order chi connectivity index (χ0) is 11.5. The van der Waals surface area contributed by atoms with Crippen LogP contribution in [0.2, 0.25) is 0 Å². The standard InChI is InChI=1S/C11H8FN3O/c12-9-4-2-1-3-7(9)10(16)8-5-14-6-15-11(8)13/h1-6H,(H2,13,14,15). The number of carbonyl (C=O) groups is 1. The maximum Gasteiger partial charge on any atom is 0.201 e. The summed E-state index contributed by atoms with van der Waals surface area (Å²) in [6.07, 6.45) is 2.50. The number of carbonyl (C=O) groups excluding carboxylic acids is 1. The molecule has 0 aliphatic carbocycles. The number of rotatable bonds is 2. The number of benzene rings is 1. The molecule has 0 spiro atoms. The molecule has 1 aromatic heterocycles. The highest BCUT2D eigenvalue weighted by Crippen LogP contribution is 2.15. The Morgan fingerprint density at radius 1 is 1.25 bits per heavy atom. The Kier molecular flexibility index (Phi) is 2.59. The monoisotopic (exact) mass is 217 g/mol. The second-order valence-electron chi connectivity index (χ2n) is 3.13. The maximum atomic E-state index is 13.4. The van der Waals surface area contributed by atoms with Crippen LogP contribution in [-0.2, 0) is 0 Å². The number of anilines is 1. The van der Waals surface area contributed by atoms with Crippen molar-refractivity contribution in [3.8, 4) is 0 Å². The largest absolute Gasteiger partial charge is 0.383 e. The number of nitrogen functional groups attached to an aromatic ring is 1. The highest BCUT2D eigenvalue weighted by Gasteiger charge is 2.16. The zero-order valence-corrected chi connectivity index (χ0v) is 8.22. The molecule has 2 aromatic rings. The van der Waals surface area contributed by atoms with E-state index in [4.69, 9.17) is 5.73 Å². The van der Waals surface area contributed by atoms with E-state index in [9.17, 15) is 9.18 Å². The average Bonchev–Trinajstić information content (AvgIpc) is 2.29. The highest BCUT2D eigenvalue weighted by molar-refractivity contribution is 6.11. The predicted molar refractivity (Wildman–Crippen MR) is 56.3 cm³/mol. The van der Waals surface area contributed by atoms with Gasteiger partial charge in [0.25, 0.3) is 0 Å². The molecule has 0 radical (unpaired) electrons. The Bertz CT molecular complexity index is 495. The average molecular weight is 217 g/mol. The Hall–Kier alpha value is -2.30. The maximum absolute atomic E-state index is 13.4. The number of ketones is 1. The van der Waals surface area contributed by atoms with Gasteiger partial charge in [-0.1, -0.05) is 12.1 Å². The lowest BCUT2D eigenvalue weighted by Gasteiger charge is -2.03. The molecule has 4 nitrogen and oxygen atoms in total. The Balaban J connectivity index is 2.48. The van der Waals surface area contributed by atoms with Crippen molar-refractivity contribution in [1.82, 2.24) is 9.97 Å². The lowest BCUT2D eigenvalue weighted by atomic mass is 10.1. The van der Waals surface area contributed by atoms with Gasteiger partial charge in [0, 0.05) is 6.20 Å². The molecule has 1 aromatic carbocycles. The molecule has 1 heterocycles. The summed E-state index contributed by atoms with van der Waals surface area (Å²) in [5, 5.41) is 0. The van der Waals surface area contributed by atoms with Crippen LogP contribution < -0.4 is 5.73 Å². The van der Waals surface area contributed by atoms with E-state index >= 15 is 0 Å². The number of hydrogen-bond acceptors (Lipinski definition) is 4. The lowest BCUT2D eigenvalue weighted by molar-refractivity contribution is 0.103. The Morgan fingerprint density at radius 2 is 2.00 bits per heavy atom. The number of nitrogens with two attached hydrogens (primary N) is 1. The van der Waals surface area contributed by atoms with Gasteiger partial charge in [-0.15, -0.1) is 0 Å². The molecule has 0 aliphatic rings. The Morgan fingerprint density at radius 3 is 2.69 bits per heavy atom. The topological polar surface area (TPSA) is 68.9 Å². The van der Waals surface area contributed by atoms with Gasteiger partial charge in [0.2, 0.25) is 5.78 Å². The molecule has 2 rings (SSSR count). The van der Waals surface area contributed by atoms with E-state index in [-0.39, 0.29) is 16.9 Å². The first-order chi connectivity index (χ1) is 7.70. The van der Waals surface area contributed by atoms with E-state index in [1.165, 1.54) is 30.7 Å². The van der Waals surface area contributed by atoms with Crippen molar-refractivity contribution in [2.45, 2.75) is 0 Å². The van der Waals surface area contributed by atoms with E-state index in [2.05, 4.69) is 9.97 Å². The van der Waals surface area contributed by atoms with Gasteiger partial charge in [-0.05, 0) is 12.1 Å². The van der Waals surface area contributed by atoms with Crippen LogP contribution in [0.25, 0.3) is 0 Å². The van der Waals surface area contributed by atoms with E-state index in [1.807, 2.05) is 0 Å². The molecule has 0 fully saturated rings. The fourth-order valence-electron chi connectivity index (χ4n) is 1.30. The summed E-state index contributed by atoms with van der Waals surface area (Å²) in [7, 11) is 0. The van der Waals surface area contributed by atoms with Crippen molar-refractivity contribution >= 4 is 11.6 Å². The second-order valence-corrected chi connectivity index (χ2v) is 3.13. The van der Waals surface area contributed by atoms with Crippen LogP contribution in [-0.4, -0.2) is 15.8 Å². The lowest BCUT2D eigenvalue weighted by Crippen LogP contribution is -2.09. The van der Waals surface area contributed by atoms with E-state index in [1.54, 1.807) is 6.07 Å². The summed E-state index contributed by atoms with van der Waals surface area (Å²) in [5.74, 6) is -1.06. The number of aromatic nitrogens is 2. The first-order valence-corrected chi connectivity index (χ1v) is 4.55. The van der Waals surface area contributed by atoms with Gasteiger partial charge in [0.15, 0.2) is 0 Å². The first kappa shape index (κ1) is 10.2. The summed E-state index contributed by atoms with van der Waals surface area (Å²) in [5.41, 5.74) is 5.58. The summed E-state index contributed by atoms with van der Waals surface area (Å²) in [6.45, 7) is 0. The zero-order valence-electron chi connectivity index (χ0n) is 8.22. The number of hydrogen-bond donors (Lipinski definition) is 1. The van der Waals surface area contributed by atoms with E-state index < -0.39 is 11.6 Å². The molecule has 0 saturated carbocycles. The minimum absolute atomic E-state index is 0.0380. The third kappa shape index (κ3) is 1.75. The van der Waals surface area contributed by atoms with Gasteiger partial charge < -0.3 is 5.73 Å². The summed E-state index contributed by atoms with van der Waals surface area (Å²) in [6, 6.07) is 5.70. The van der Waals surface area contributed by atoms with Crippen LogP contribution in [0.1, 0.15) is 15.9 Å². The van der Waals surface area contributed by atoms with Gasteiger partial charge in [-0.25, -0.2) is 14.4 Å². The van der Waals surface area contributed by atoms with E-state index in [0.29, 0.717) is 0 Å². The molecule has 80 valence electrons. The fourth-order valence-corrected chi connectivity index (χ4v) is 1.30. The first-order valence-electron chi connectivity index (χ1n) is 4.55.